The maximum Gasteiger partial charge on any atom is 0.234 e. The van der Waals surface area contributed by atoms with Gasteiger partial charge in [0, 0.05) is 13.1 Å². The number of carbonyl (C=O) groups excluding carboxylic acids is 1. The molecule has 0 saturated carbocycles. The molecule has 5 heteroatoms. The normalized spacial score (nSPS) is 10.7. The number of methoxy groups -OCH3 is 1. The van der Waals surface area contributed by atoms with Gasteiger partial charge in [-0.15, -0.1) is 0 Å². The van der Waals surface area contributed by atoms with Crippen LogP contribution in [0.3, 0.4) is 0 Å². The molecule has 0 bridgehead atoms. The van der Waals surface area contributed by atoms with E-state index < -0.39 is 0 Å². The van der Waals surface area contributed by atoms with Crippen molar-refractivity contribution in [3.63, 3.8) is 0 Å². The van der Waals surface area contributed by atoms with Crippen molar-refractivity contribution in [1.29, 1.82) is 0 Å². The number of hydrogen-bond donors (Lipinski definition) is 1. The fourth-order valence-electron chi connectivity index (χ4n) is 2.55. The van der Waals surface area contributed by atoms with Crippen LogP contribution in [0.4, 0.5) is 4.39 Å². The van der Waals surface area contributed by atoms with E-state index in [2.05, 4.69) is 5.32 Å². The van der Waals surface area contributed by atoms with Crippen molar-refractivity contribution in [3.05, 3.63) is 65.5 Å². The zero-order valence-electron chi connectivity index (χ0n) is 14.1. The Morgan fingerprint density at radius 3 is 2.75 bits per heavy atom. The number of halogens is 1. The van der Waals surface area contributed by atoms with E-state index in [9.17, 15) is 9.18 Å². The Bertz CT molecular complexity index is 676. The zero-order chi connectivity index (χ0) is 17.4. The van der Waals surface area contributed by atoms with E-state index in [0.717, 1.165) is 16.9 Å². The lowest BCUT2D eigenvalue weighted by Gasteiger charge is -2.16. The Hall–Kier alpha value is -2.40. The van der Waals surface area contributed by atoms with Crippen LogP contribution in [0.1, 0.15) is 11.1 Å². The number of amides is 1. The minimum Gasteiger partial charge on any atom is -0.496 e. The van der Waals surface area contributed by atoms with Crippen LogP contribution >= 0.6 is 0 Å². The zero-order valence-corrected chi connectivity index (χ0v) is 14.1. The van der Waals surface area contributed by atoms with Crippen LogP contribution in [-0.2, 0) is 17.8 Å². The van der Waals surface area contributed by atoms with Crippen LogP contribution in [0.5, 0.6) is 5.75 Å². The maximum atomic E-state index is 13.2. The van der Waals surface area contributed by atoms with Crippen molar-refractivity contribution in [3.8, 4) is 5.75 Å². The molecule has 2 aromatic rings. The number of benzene rings is 2. The number of para-hydroxylation sites is 1. The van der Waals surface area contributed by atoms with Crippen molar-refractivity contribution in [2.75, 3.05) is 27.2 Å². The molecule has 2 rings (SSSR count). The molecule has 0 spiro atoms. The number of likely N-dealkylation sites (N-methyl/N-ethyl adjacent to an activating group) is 1. The van der Waals surface area contributed by atoms with E-state index >= 15 is 0 Å². The monoisotopic (exact) mass is 330 g/mol. The van der Waals surface area contributed by atoms with Gasteiger partial charge >= 0.3 is 0 Å². The Balaban J connectivity index is 1.74. The van der Waals surface area contributed by atoms with Gasteiger partial charge in [-0.05, 0) is 42.8 Å². The summed E-state index contributed by atoms with van der Waals surface area (Å²) in [4.78, 5) is 13.9. The van der Waals surface area contributed by atoms with E-state index in [4.69, 9.17) is 4.74 Å². The fourth-order valence-corrected chi connectivity index (χ4v) is 2.55. The number of hydrogen-bond acceptors (Lipinski definition) is 3. The summed E-state index contributed by atoms with van der Waals surface area (Å²) in [5, 5.41) is 2.90. The molecule has 0 aromatic heterocycles. The quantitative estimate of drug-likeness (QED) is 0.809. The SMILES string of the molecule is COc1ccccc1CCNC(=O)CN(C)Cc1cccc(F)c1. The van der Waals surface area contributed by atoms with Crippen LogP contribution < -0.4 is 10.1 Å². The summed E-state index contributed by atoms with van der Waals surface area (Å²) in [7, 11) is 3.48. The first-order valence-corrected chi connectivity index (χ1v) is 7.90. The van der Waals surface area contributed by atoms with E-state index in [-0.39, 0.29) is 18.3 Å². The third-order valence-corrected chi connectivity index (χ3v) is 3.66. The van der Waals surface area contributed by atoms with Crippen LogP contribution in [0, 0.1) is 5.82 Å². The van der Waals surface area contributed by atoms with Gasteiger partial charge in [0.2, 0.25) is 5.91 Å². The van der Waals surface area contributed by atoms with Crippen LogP contribution in [0.2, 0.25) is 0 Å². The predicted octanol–water partition coefficient (Wildman–Crippen LogP) is 2.62. The highest BCUT2D eigenvalue weighted by Gasteiger charge is 2.08. The molecule has 0 aliphatic rings. The lowest BCUT2D eigenvalue weighted by atomic mass is 10.1. The Morgan fingerprint density at radius 1 is 1.21 bits per heavy atom. The molecular formula is C19H23FN2O2. The van der Waals surface area contributed by atoms with Gasteiger partial charge in [-0.3, -0.25) is 9.69 Å². The Kier molecular flexibility index (Phi) is 6.75. The van der Waals surface area contributed by atoms with Gasteiger partial charge in [0.15, 0.2) is 0 Å². The highest BCUT2D eigenvalue weighted by Crippen LogP contribution is 2.17. The lowest BCUT2D eigenvalue weighted by Crippen LogP contribution is -2.35. The van der Waals surface area contributed by atoms with Crippen LogP contribution in [-0.4, -0.2) is 38.1 Å². The van der Waals surface area contributed by atoms with E-state index in [0.29, 0.717) is 19.5 Å². The predicted molar refractivity (Wildman–Crippen MR) is 92.4 cm³/mol. The summed E-state index contributed by atoms with van der Waals surface area (Å²) < 4.78 is 18.5. The summed E-state index contributed by atoms with van der Waals surface area (Å²) in [6.07, 6.45) is 0.712. The molecule has 0 heterocycles. The van der Waals surface area contributed by atoms with Gasteiger partial charge in [0.1, 0.15) is 11.6 Å². The topological polar surface area (TPSA) is 41.6 Å². The van der Waals surface area contributed by atoms with E-state index in [1.165, 1.54) is 12.1 Å². The smallest absolute Gasteiger partial charge is 0.234 e. The van der Waals surface area contributed by atoms with Gasteiger partial charge in [-0.2, -0.15) is 0 Å². The van der Waals surface area contributed by atoms with Gasteiger partial charge in [-0.25, -0.2) is 4.39 Å². The minimum absolute atomic E-state index is 0.0520. The average molecular weight is 330 g/mol. The highest BCUT2D eigenvalue weighted by atomic mass is 19.1. The molecular weight excluding hydrogens is 307 g/mol. The summed E-state index contributed by atoms with van der Waals surface area (Å²) in [6.45, 7) is 1.34. The third-order valence-electron chi connectivity index (χ3n) is 3.66. The second-order valence-electron chi connectivity index (χ2n) is 5.71. The molecule has 1 N–H and O–H groups in total. The van der Waals surface area contributed by atoms with Gasteiger partial charge in [0.25, 0.3) is 0 Å². The molecule has 0 saturated heterocycles. The number of carbonyl (C=O) groups is 1. The van der Waals surface area contributed by atoms with Crippen molar-refractivity contribution in [1.82, 2.24) is 10.2 Å². The van der Waals surface area contributed by atoms with Crippen molar-refractivity contribution < 1.29 is 13.9 Å². The first-order valence-electron chi connectivity index (χ1n) is 7.90. The Morgan fingerprint density at radius 2 is 2.00 bits per heavy atom. The first-order chi connectivity index (χ1) is 11.6. The molecule has 0 aliphatic carbocycles. The van der Waals surface area contributed by atoms with Crippen molar-refractivity contribution in [2.24, 2.45) is 0 Å². The second-order valence-corrected chi connectivity index (χ2v) is 5.71. The molecule has 0 aliphatic heterocycles. The summed E-state index contributed by atoms with van der Waals surface area (Å²) in [5.41, 5.74) is 1.91. The molecule has 128 valence electrons. The van der Waals surface area contributed by atoms with Crippen LogP contribution in [0.15, 0.2) is 48.5 Å². The molecule has 24 heavy (non-hydrogen) atoms. The minimum atomic E-state index is -0.262. The Labute approximate surface area is 142 Å². The van der Waals surface area contributed by atoms with Crippen molar-refractivity contribution >= 4 is 5.91 Å². The van der Waals surface area contributed by atoms with Crippen LogP contribution in [0.25, 0.3) is 0 Å². The standard InChI is InChI=1S/C19H23FN2O2/c1-22(13-15-6-5-8-17(20)12-15)14-19(23)21-11-10-16-7-3-4-9-18(16)24-2/h3-9,12H,10-11,13-14H2,1-2H3,(H,21,23). The molecule has 0 atom stereocenters. The summed E-state index contributed by atoms with van der Waals surface area (Å²) in [5.74, 6) is 0.515. The largest absolute Gasteiger partial charge is 0.496 e. The van der Waals surface area contributed by atoms with Gasteiger partial charge < -0.3 is 10.1 Å². The molecule has 1 amide bonds. The highest BCUT2D eigenvalue weighted by molar-refractivity contribution is 5.77. The maximum absolute atomic E-state index is 13.2. The molecule has 0 fully saturated rings. The summed E-state index contributed by atoms with van der Waals surface area (Å²) in [6, 6.07) is 14.2. The van der Waals surface area contributed by atoms with E-state index in [1.54, 1.807) is 13.2 Å². The number of ether oxygens (including phenoxy) is 1. The van der Waals surface area contributed by atoms with Gasteiger partial charge in [-0.1, -0.05) is 30.3 Å². The average Bonchev–Trinajstić information content (AvgIpc) is 2.55. The molecule has 0 radical (unpaired) electrons. The van der Waals surface area contributed by atoms with Gasteiger partial charge in [0.05, 0.1) is 13.7 Å². The summed E-state index contributed by atoms with van der Waals surface area (Å²) >= 11 is 0. The number of rotatable bonds is 8. The number of nitrogens with one attached hydrogen (secondary N) is 1. The van der Waals surface area contributed by atoms with Crippen molar-refractivity contribution in [2.45, 2.75) is 13.0 Å². The fraction of sp³-hybridized carbons (Fsp3) is 0.316. The van der Waals surface area contributed by atoms with E-state index in [1.807, 2.05) is 42.3 Å². The molecule has 2 aromatic carbocycles. The third kappa shape index (κ3) is 5.66. The lowest BCUT2D eigenvalue weighted by molar-refractivity contribution is -0.122. The number of nitrogens with zero attached hydrogens (tertiary/aromatic N) is 1. The molecule has 4 nitrogen and oxygen atoms in total. The molecule has 0 unspecified atom stereocenters. The second kappa shape index (κ2) is 9.03. The first kappa shape index (κ1) is 17.9.